The molecule has 1 unspecified atom stereocenters. The number of hydrogen-bond donors (Lipinski definition) is 1. The van der Waals surface area contributed by atoms with Crippen LogP contribution >= 0.6 is 0 Å². The average molecular weight is 195 g/mol. The van der Waals surface area contributed by atoms with Gasteiger partial charge in [0.2, 0.25) is 0 Å². The molecule has 0 spiro atoms. The van der Waals surface area contributed by atoms with Gasteiger partial charge in [-0.3, -0.25) is 0 Å². The molecule has 3 heteroatoms. The molecule has 0 aliphatic heterocycles. The van der Waals surface area contributed by atoms with E-state index in [-0.39, 0.29) is 0 Å². The van der Waals surface area contributed by atoms with Gasteiger partial charge in [-0.15, -0.1) is 0 Å². The van der Waals surface area contributed by atoms with Gasteiger partial charge in [0.05, 0.1) is 0 Å². The average Bonchev–Trinajstić information content (AvgIpc) is 2.62. The van der Waals surface area contributed by atoms with Crippen LogP contribution in [0.5, 0.6) is 0 Å². The minimum Gasteiger partial charge on any atom is -0.335 e. The molecule has 1 aromatic heterocycles. The highest BCUT2D eigenvalue weighted by Gasteiger charge is 2.07. The maximum atomic E-state index is 4.37. The zero-order valence-electron chi connectivity index (χ0n) is 9.45. The molecule has 0 amide bonds. The molecule has 0 aromatic carbocycles. The Hall–Kier alpha value is -0.830. The minimum absolute atomic E-state index is 0.655. The second-order valence-electron chi connectivity index (χ2n) is 3.75. The molecule has 3 nitrogen and oxygen atoms in total. The van der Waals surface area contributed by atoms with E-state index in [2.05, 4.69) is 41.8 Å². The predicted molar refractivity (Wildman–Crippen MR) is 59.3 cm³/mol. The number of aromatic nitrogens is 2. The Morgan fingerprint density at radius 3 is 2.93 bits per heavy atom. The Labute approximate surface area is 86.5 Å². The summed E-state index contributed by atoms with van der Waals surface area (Å²) in [6, 6.07) is 0. The molecule has 80 valence electrons. The molecule has 0 aliphatic rings. The minimum atomic E-state index is 0.655. The summed E-state index contributed by atoms with van der Waals surface area (Å²) in [6.45, 7) is 9.69. The highest BCUT2D eigenvalue weighted by molar-refractivity contribution is 4.93. The molecular weight excluding hydrogens is 174 g/mol. The summed E-state index contributed by atoms with van der Waals surface area (Å²) in [5, 5.41) is 3.36. The summed E-state index contributed by atoms with van der Waals surface area (Å²) in [4.78, 5) is 4.37. The quantitative estimate of drug-likeness (QED) is 0.748. The van der Waals surface area contributed by atoms with E-state index in [4.69, 9.17) is 0 Å². The standard InChI is InChI=1S/C11H21N3/c1-4-12-9-10(3)8-11-13-6-7-14(11)5-2/h6-7,10,12H,4-5,8-9H2,1-3H3. The van der Waals surface area contributed by atoms with E-state index in [0.717, 1.165) is 26.1 Å². The Balaban J connectivity index is 2.42. The molecule has 1 rings (SSSR count). The molecule has 1 N–H and O–H groups in total. The van der Waals surface area contributed by atoms with Crippen LogP contribution in [0.1, 0.15) is 26.6 Å². The summed E-state index contributed by atoms with van der Waals surface area (Å²) in [5.74, 6) is 1.86. The number of hydrogen-bond acceptors (Lipinski definition) is 2. The Morgan fingerprint density at radius 2 is 2.29 bits per heavy atom. The molecule has 0 bridgehead atoms. The van der Waals surface area contributed by atoms with Crippen LogP contribution in [0.25, 0.3) is 0 Å². The van der Waals surface area contributed by atoms with Crippen LogP contribution in [0.15, 0.2) is 12.4 Å². The number of aryl methyl sites for hydroxylation is 1. The maximum absolute atomic E-state index is 4.37. The Morgan fingerprint density at radius 1 is 1.50 bits per heavy atom. The van der Waals surface area contributed by atoms with Gasteiger partial charge in [0, 0.05) is 25.4 Å². The first kappa shape index (κ1) is 11.2. The van der Waals surface area contributed by atoms with E-state index in [1.165, 1.54) is 5.82 Å². The van der Waals surface area contributed by atoms with Crippen LogP contribution in [0.4, 0.5) is 0 Å². The number of imidazole rings is 1. The Kier molecular flexibility index (Phi) is 4.66. The predicted octanol–water partition coefficient (Wildman–Crippen LogP) is 1.69. The van der Waals surface area contributed by atoms with Crippen molar-refractivity contribution in [1.29, 1.82) is 0 Å². The van der Waals surface area contributed by atoms with Crippen molar-refractivity contribution in [2.24, 2.45) is 5.92 Å². The smallest absolute Gasteiger partial charge is 0.108 e. The third kappa shape index (κ3) is 3.14. The second-order valence-corrected chi connectivity index (χ2v) is 3.75. The van der Waals surface area contributed by atoms with E-state index in [9.17, 15) is 0 Å². The molecule has 0 saturated carbocycles. The Bertz CT molecular complexity index is 255. The molecule has 14 heavy (non-hydrogen) atoms. The van der Waals surface area contributed by atoms with Crippen molar-refractivity contribution < 1.29 is 0 Å². The fraction of sp³-hybridized carbons (Fsp3) is 0.727. The monoisotopic (exact) mass is 195 g/mol. The molecule has 1 atom stereocenters. The van der Waals surface area contributed by atoms with E-state index in [1.807, 2.05) is 6.20 Å². The van der Waals surface area contributed by atoms with E-state index in [0.29, 0.717) is 5.92 Å². The maximum Gasteiger partial charge on any atom is 0.108 e. The van der Waals surface area contributed by atoms with Crippen LogP contribution < -0.4 is 5.32 Å². The van der Waals surface area contributed by atoms with E-state index < -0.39 is 0 Å². The van der Waals surface area contributed by atoms with Gasteiger partial charge in [0.1, 0.15) is 5.82 Å². The van der Waals surface area contributed by atoms with Crippen molar-refractivity contribution >= 4 is 0 Å². The van der Waals surface area contributed by atoms with Crippen molar-refractivity contribution in [2.75, 3.05) is 13.1 Å². The van der Waals surface area contributed by atoms with E-state index in [1.54, 1.807) is 0 Å². The van der Waals surface area contributed by atoms with Crippen molar-refractivity contribution in [1.82, 2.24) is 14.9 Å². The third-order valence-electron chi connectivity index (χ3n) is 2.42. The molecule has 1 aromatic rings. The topological polar surface area (TPSA) is 29.9 Å². The van der Waals surface area contributed by atoms with Gasteiger partial charge in [0.15, 0.2) is 0 Å². The van der Waals surface area contributed by atoms with Gasteiger partial charge >= 0.3 is 0 Å². The summed E-state index contributed by atoms with van der Waals surface area (Å²) in [6.07, 6.45) is 5.00. The van der Waals surface area contributed by atoms with Crippen LogP contribution in [-0.2, 0) is 13.0 Å². The normalized spacial score (nSPS) is 13.1. The lowest BCUT2D eigenvalue weighted by molar-refractivity contribution is 0.498. The number of nitrogens with zero attached hydrogens (tertiary/aromatic N) is 2. The van der Waals surface area contributed by atoms with Crippen LogP contribution in [0.2, 0.25) is 0 Å². The van der Waals surface area contributed by atoms with Crippen LogP contribution in [-0.4, -0.2) is 22.6 Å². The molecular formula is C11H21N3. The SMILES string of the molecule is CCNCC(C)Cc1nccn1CC. The molecule has 0 fully saturated rings. The fourth-order valence-corrected chi connectivity index (χ4v) is 1.59. The summed E-state index contributed by atoms with van der Waals surface area (Å²) < 4.78 is 2.21. The van der Waals surface area contributed by atoms with Crippen molar-refractivity contribution in [3.8, 4) is 0 Å². The van der Waals surface area contributed by atoms with Gasteiger partial charge in [-0.05, 0) is 25.9 Å². The highest BCUT2D eigenvalue weighted by Crippen LogP contribution is 2.05. The number of nitrogens with one attached hydrogen (secondary N) is 1. The van der Waals surface area contributed by atoms with Crippen LogP contribution in [0, 0.1) is 5.92 Å². The fourth-order valence-electron chi connectivity index (χ4n) is 1.59. The summed E-state index contributed by atoms with van der Waals surface area (Å²) in [7, 11) is 0. The van der Waals surface area contributed by atoms with Crippen LogP contribution in [0.3, 0.4) is 0 Å². The first-order valence-electron chi connectivity index (χ1n) is 5.48. The summed E-state index contributed by atoms with van der Waals surface area (Å²) in [5.41, 5.74) is 0. The zero-order valence-corrected chi connectivity index (χ0v) is 9.45. The van der Waals surface area contributed by atoms with Crippen molar-refractivity contribution in [3.05, 3.63) is 18.2 Å². The zero-order chi connectivity index (χ0) is 10.4. The molecule has 0 radical (unpaired) electrons. The van der Waals surface area contributed by atoms with Gasteiger partial charge in [-0.1, -0.05) is 13.8 Å². The third-order valence-corrected chi connectivity index (χ3v) is 2.42. The van der Waals surface area contributed by atoms with Gasteiger partial charge in [-0.25, -0.2) is 4.98 Å². The lowest BCUT2D eigenvalue weighted by Crippen LogP contribution is -2.22. The van der Waals surface area contributed by atoms with Gasteiger partial charge < -0.3 is 9.88 Å². The van der Waals surface area contributed by atoms with E-state index >= 15 is 0 Å². The first-order valence-corrected chi connectivity index (χ1v) is 5.48. The van der Waals surface area contributed by atoms with Gasteiger partial charge in [0.25, 0.3) is 0 Å². The highest BCUT2D eigenvalue weighted by atomic mass is 15.1. The largest absolute Gasteiger partial charge is 0.335 e. The number of rotatable bonds is 6. The lowest BCUT2D eigenvalue weighted by atomic mass is 10.1. The molecule has 1 heterocycles. The summed E-state index contributed by atoms with van der Waals surface area (Å²) >= 11 is 0. The second kappa shape index (κ2) is 5.81. The lowest BCUT2D eigenvalue weighted by Gasteiger charge is -2.12. The molecule has 0 aliphatic carbocycles. The van der Waals surface area contributed by atoms with Gasteiger partial charge in [-0.2, -0.15) is 0 Å². The molecule has 0 saturated heterocycles. The van der Waals surface area contributed by atoms with Crippen molar-refractivity contribution in [3.63, 3.8) is 0 Å². The van der Waals surface area contributed by atoms with Crippen molar-refractivity contribution in [2.45, 2.75) is 33.7 Å². The first-order chi connectivity index (χ1) is 6.77.